The monoisotopic (exact) mass is 359 g/mol. The van der Waals surface area contributed by atoms with Gasteiger partial charge in [-0.15, -0.1) is 0 Å². The molecule has 3 aliphatic rings. The molecule has 1 aromatic rings. The van der Waals surface area contributed by atoms with Crippen molar-refractivity contribution in [3.05, 3.63) is 23.8 Å². The second kappa shape index (κ2) is 6.19. The summed E-state index contributed by atoms with van der Waals surface area (Å²) in [5.74, 6) is 0.0722. The first-order chi connectivity index (χ1) is 12.4. The maximum Gasteiger partial charge on any atom is 0.407 e. The number of hydrogen-bond acceptors (Lipinski definition) is 4. The van der Waals surface area contributed by atoms with Gasteiger partial charge in [0.15, 0.2) is 6.10 Å². The molecule has 26 heavy (non-hydrogen) atoms. The summed E-state index contributed by atoms with van der Waals surface area (Å²) in [5, 5.41) is 15.1. The van der Waals surface area contributed by atoms with Crippen LogP contribution in [-0.4, -0.2) is 52.1 Å². The Hall–Kier alpha value is -2.77. The van der Waals surface area contributed by atoms with Crippen molar-refractivity contribution in [2.45, 2.75) is 56.8 Å². The Morgan fingerprint density at radius 2 is 1.96 bits per heavy atom. The molecule has 2 fully saturated rings. The second-order valence-corrected chi connectivity index (χ2v) is 7.18. The Labute approximate surface area is 150 Å². The molecule has 2 saturated heterocycles. The number of carbonyl (C=O) groups excluding carboxylic acids is 2. The first-order valence-electron chi connectivity index (χ1n) is 8.86. The zero-order valence-corrected chi connectivity index (χ0v) is 14.4. The van der Waals surface area contributed by atoms with E-state index >= 15 is 0 Å². The average Bonchev–Trinajstić information content (AvgIpc) is 2.87. The highest BCUT2D eigenvalue weighted by Crippen LogP contribution is 2.36. The van der Waals surface area contributed by atoms with Crippen molar-refractivity contribution in [1.82, 2.24) is 10.2 Å². The Balaban J connectivity index is 1.44. The maximum atomic E-state index is 12.6. The first-order valence-corrected chi connectivity index (χ1v) is 8.86. The lowest BCUT2D eigenvalue weighted by Crippen LogP contribution is -2.52. The lowest BCUT2D eigenvalue weighted by Gasteiger charge is -2.37. The van der Waals surface area contributed by atoms with Gasteiger partial charge in [-0.25, -0.2) is 4.79 Å². The largest absolute Gasteiger partial charge is 0.479 e. The fourth-order valence-electron chi connectivity index (χ4n) is 4.23. The van der Waals surface area contributed by atoms with E-state index in [1.165, 1.54) is 4.90 Å². The van der Waals surface area contributed by atoms with E-state index in [2.05, 4.69) is 10.6 Å². The molecule has 0 radical (unpaired) electrons. The molecule has 0 aromatic heterocycles. The molecular formula is C18H21N3O5. The highest BCUT2D eigenvalue weighted by atomic mass is 16.5. The molecule has 3 N–H and O–H groups in total. The first kappa shape index (κ1) is 16.7. The van der Waals surface area contributed by atoms with Gasteiger partial charge in [0.1, 0.15) is 5.75 Å². The van der Waals surface area contributed by atoms with Gasteiger partial charge in [-0.3, -0.25) is 9.59 Å². The third-order valence-corrected chi connectivity index (χ3v) is 5.46. The number of benzene rings is 1. The van der Waals surface area contributed by atoms with Gasteiger partial charge in [-0.2, -0.15) is 0 Å². The van der Waals surface area contributed by atoms with E-state index in [1.807, 2.05) is 0 Å². The lowest BCUT2D eigenvalue weighted by molar-refractivity contribution is -0.122. The van der Waals surface area contributed by atoms with Gasteiger partial charge >= 0.3 is 6.09 Å². The molecule has 2 bridgehead atoms. The van der Waals surface area contributed by atoms with Gasteiger partial charge in [-0.1, -0.05) is 0 Å². The standard InChI is InChI=1S/C18H21N3O5/c1-9-16(22)20-14-6-10(2-5-15(14)26-9)17(23)19-11-7-12-3-4-13(8-11)21(12)18(24)25/h2,5-6,9,11-13H,3-4,7-8H2,1H3,(H,19,23)(H,20,22)(H,24,25)/t9?,11?,12-,13+. The number of ether oxygens (including phenoxy) is 1. The van der Waals surface area contributed by atoms with E-state index in [4.69, 9.17) is 4.74 Å². The molecule has 3 amide bonds. The van der Waals surface area contributed by atoms with Crippen molar-refractivity contribution in [2.24, 2.45) is 0 Å². The summed E-state index contributed by atoms with van der Waals surface area (Å²) in [6.07, 6.45) is 1.54. The predicted octanol–water partition coefficient (Wildman–Crippen LogP) is 1.81. The fourth-order valence-corrected chi connectivity index (χ4v) is 4.23. The third kappa shape index (κ3) is 2.85. The van der Waals surface area contributed by atoms with Gasteiger partial charge in [0, 0.05) is 23.7 Å². The number of nitrogens with zero attached hydrogens (tertiary/aromatic N) is 1. The van der Waals surface area contributed by atoms with Crippen molar-refractivity contribution in [2.75, 3.05) is 5.32 Å². The summed E-state index contributed by atoms with van der Waals surface area (Å²) in [6, 6.07) is 4.87. The highest BCUT2D eigenvalue weighted by Gasteiger charge is 2.43. The molecule has 0 spiro atoms. The molecule has 0 aliphatic carbocycles. The van der Waals surface area contributed by atoms with Gasteiger partial charge < -0.3 is 25.4 Å². The maximum absolute atomic E-state index is 12.6. The minimum absolute atomic E-state index is 0.0192. The number of nitrogens with one attached hydrogen (secondary N) is 2. The molecule has 4 rings (SSSR count). The number of amides is 3. The van der Waals surface area contributed by atoms with Crippen LogP contribution in [0.2, 0.25) is 0 Å². The summed E-state index contributed by atoms with van der Waals surface area (Å²) < 4.78 is 5.49. The minimum atomic E-state index is -0.873. The summed E-state index contributed by atoms with van der Waals surface area (Å²) in [5.41, 5.74) is 0.928. The van der Waals surface area contributed by atoms with Crippen molar-refractivity contribution < 1.29 is 24.2 Å². The molecule has 0 saturated carbocycles. The number of rotatable bonds is 2. The van der Waals surface area contributed by atoms with Crippen molar-refractivity contribution in [3.63, 3.8) is 0 Å². The summed E-state index contributed by atoms with van der Waals surface area (Å²) in [4.78, 5) is 37.2. The smallest absolute Gasteiger partial charge is 0.407 e. The van der Waals surface area contributed by atoms with Crippen LogP contribution in [0.3, 0.4) is 0 Å². The Morgan fingerprint density at radius 3 is 2.62 bits per heavy atom. The molecular weight excluding hydrogens is 338 g/mol. The van der Waals surface area contributed by atoms with Crippen LogP contribution in [0.15, 0.2) is 18.2 Å². The molecule has 3 aliphatic heterocycles. The van der Waals surface area contributed by atoms with Crippen molar-refractivity contribution >= 4 is 23.6 Å². The number of hydrogen-bond donors (Lipinski definition) is 3. The Kier molecular flexibility index (Phi) is 3.97. The third-order valence-electron chi connectivity index (χ3n) is 5.46. The molecule has 2 unspecified atom stereocenters. The predicted molar refractivity (Wildman–Crippen MR) is 92.3 cm³/mol. The zero-order chi connectivity index (χ0) is 18.4. The van der Waals surface area contributed by atoms with E-state index < -0.39 is 12.2 Å². The van der Waals surface area contributed by atoms with Crippen LogP contribution < -0.4 is 15.4 Å². The quantitative estimate of drug-likeness (QED) is 0.746. The molecule has 4 atom stereocenters. The number of piperidine rings is 1. The van der Waals surface area contributed by atoms with Crippen LogP contribution in [0.1, 0.15) is 43.0 Å². The molecule has 138 valence electrons. The SMILES string of the molecule is CC1Oc2ccc(C(=O)NC3C[C@H]4CC[C@@H](C3)N4C(=O)O)cc2NC1=O. The number of carboxylic acid groups (broad SMARTS) is 1. The fraction of sp³-hybridized carbons (Fsp3) is 0.500. The van der Waals surface area contributed by atoms with Crippen LogP contribution in [0, 0.1) is 0 Å². The normalized spacial score (nSPS) is 29.4. The average molecular weight is 359 g/mol. The van der Waals surface area contributed by atoms with Crippen LogP contribution in [0.4, 0.5) is 10.5 Å². The van der Waals surface area contributed by atoms with Crippen LogP contribution >= 0.6 is 0 Å². The van der Waals surface area contributed by atoms with Crippen LogP contribution in [-0.2, 0) is 4.79 Å². The Morgan fingerprint density at radius 1 is 1.27 bits per heavy atom. The van der Waals surface area contributed by atoms with E-state index in [-0.39, 0.29) is 29.9 Å². The minimum Gasteiger partial charge on any atom is -0.479 e. The summed E-state index contributed by atoms with van der Waals surface area (Å²) >= 11 is 0. The van der Waals surface area contributed by atoms with Crippen molar-refractivity contribution in [3.8, 4) is 5.75 Å². The number of carbonyl (C=O) groups is 3. The van der Waals surface area contributed by atoms with Gasteiger partial charge in [0.05, 0.1) is 5.69 Å². The highest BCUT2D eigenvalue weighted by molar-refractivity contribution is 6.01. The summed E-state index contributed by atoms with van der Waals surface area (Å²) in [6.45, 7) is 1.66. The van der Waals surface area contributed by atoms with Gasteiger partial charge in [0.2, 0.25) is 0 Å². The van der Waals surface area contributed by atoms with E-state index in [1.54, 1.807) is 25.1 Å². The molecule has 8 nitrogen and oxygen atoms in total. The topological polar surface area (TPSA) is 108 Å². The molecule has 8 heteroatoms. The molecule has 1 aromatic carbocycles. The van der Waals surface area contributed by atoms with Gasteiger partial charge in [0.25, 0.3) is 11.8 Å². The Bertz CT molecular complexity index is 766. The number of anilines is 1. The van der Waals surface area contributed by atoms with Gasteiger partial charge in [-0.05, 0) is 50.8 Å². The summed E-state index contributed by atoms with van der Waals surface area (Å²) in [7, 11) is 0. The van der Waals surface area contributed by atoms with E-state index in [0.29, 0.717) is 29.8 Å². The second-order valence-electron chi connectivity index (χ2n) is 7.18. The zero-order valence-electron chi connectivity index (χ0n) is 14.4. The number of fused-ring (bicyclic) bond motifs is 3. The molecule has 3 heterocycles. The van der Waals surface area contributed by atoms with Crippen LogP contribution in [0.25, 0.3) is 0 Å². The lowest BCUT2D eigenvalue weighted by atomic mass is 9.97. The van der Waals surface area contributed by atoms with Crippen LogP contribution in [0.5, 0.6) is 5.75 Å². The van der Waals surface area contributed by atoms with E-state index in [9.17, 15) is 19.5 Å². The van der Waals surface area contributed by atoms with E-state index in [0.717, 1.165) is 12.8 Å². The van der Waals surface area contributed by atoms with Crippen molar-refractivity contribution in [1.29, 1.82) is 0 Å².